The van der Waals surface area contributed by atoms with Crippen LogP contribution in [-0.2, 0) is 6.42 Å². The summed E-state index contributed by atoms with van der Waals surface area (Å²) in [6.07, 6.45) is 2.53. The summed E-state index contributed by atoms with van der Waals surface area (Å²) in [6, 6.07) is 10.2. The molecule has 0 saturated heterocycles. The van der Waals surface area contributed by atoms with Gasteiger partial charge in [-0.1, -0.05) is 19.1 Å². The van der Waals surface area contributed by atoms with Crippen molar-refractivity contribution in [3.05, 3.63) is 47.9 Å². The minimum absolute atomic E-state index is 0.211. The number of benzene rings is 1. The predicted octanol–water partition coefficient (Wildman–Crippen LogP) is 2.82. The highest BCUT2D eigenvalue weighted by Gasteiger charge is 2.14. The fourth-order valence-corrected chi connectivity index (χ4v) is 2.01. The van der Waals surface area contributed by atoms with E-state index in [-0.39, 0.29) is 6.04 Å². The molecule has 2 N–H and O–H groups in total. The predicted molar refractivity (Wildman–Crippen MR) is 79.1 cm³/mol. The summed E-state index contributed by atoms with van der Waals surface area (Å²) in [5, 5.41) is 0. The molecule has 0 bridgehead atoms. The molecular formula is C15H20N4. The lowest BCUT2D eigenvalue weighted by Crippen LogP contribution is -2.23. The smallest absolute Gasteiger partial charge is 0.132 e. The Morgan fingerprint density at radius 3 is 2.74 bits per heavy atom. The van der Waals surface area contributed by atoms with Crippen molar-refractivity contribution in [1.29, 1.82) is 0 Å². The van der Waals surface area contributed by atoms with E-state index in [1.165, 1.54) is 5.56 Å². The van der Waals surface area contributed by atoms with Gasteiger partial charge >= 0.3 is 0 Å². The molecule has 1 aromatic carbocycles. The van der Waals surface area contributed by atoms with Crippen molar-refractivity contribution in [1.82, 2.24) is 9.97 Å². The number of hydrogen-bond acceptors (Lipinski definition) is 4. The molecule has 19 heavy (non-hydrogen) atoms. The van der Waals surface area contributed by atoms with Crippen LogP contribution in [0.5, 0.6) is 0 Å². The highest BCUT2D eigenvalue weighted by atomic mass is 15.2. The van der Waals surface area contributed by atoms with Crippen molar-refractivity contribution in [3.8, 4) is 0 Å². The molecule has 0 aliphatic rings. The molecule has 1 heterocycles. The lowest BCUT2D eigenvalue weighted by atomic mass is 10.1. The molecule has 2 rings (SSSR count). The number of nitrogen functional groups attached to an aromatic ring is 1. The summed E-state index contributed by atoms with van der Waals surface area (Å²) in [4.78, 5) is 10.7. The van der Waals surface area contributed by atoms with Gasteiger partial charge in [-0.2, -0.15) is 0 Å². The van der Waals surface area contributed by atoms with Crippen molar-refractivity contribution in [2.75, 3.05) is 17.7 Å². The Labute approximate surface area is 114 Å². The van der Waals surface area contributed by atoms with Crippen molar-refractivity contribution in [3.63, 3.8) is 0 Å². The second-order valence-electron chi connectivity index (χ2n) is 4.68. The van der Waals surface area contributed by atoms with Gasteiger partial charge in [-0.05, 0) is 31.0 Å². The molecule has 2 aromatic rings. The first kappa shape index (κ1) is 13.3. The molecule has 0 fully saturated rings. The number of aryl methyl sites for hydroxylation is 1. The molecule has 4 nitrogen and oxygen atoms in total. The van der Waals surface area contributed by atoms with Gasteiger partial charge in [-0.15, -0.1) is 0 Å². The molecule has 100 valence electrons. The summed E-state index contributed by atoms with van der Waals surface area (Å²) >= 11 is 0. The first-order chi connectivity index (χ1) is 9.11. The third-order valence-corrected chi connectivity index (χ3v) is 3.41. The molecule has 0 spiro atoms. The fraction of sp³-hybridized carbons (Fsp3) is 0.333. The molecule has 0 radical (unpaired) electrons. The Kier molecular flexibility index (Phi) is 4.00. The monoisotopic (exact) mass is 256 g/mol. The standard InChI is InChI=1S/C15H20N4/c1-4-14-9-15(18-10-17-14)19(3)11(2)12-6-5-7-13(16)8-12/h5-11H,4,16H2,1-3H3. The molecule has 0 amide bonds. The first-order valence-corrected chi connectivity index (χ1v) is 6.51. The zero-order valence-electron chi connectivity index (χ0n) is 11.7. The Morgan fingerprint density at radius 1 is 1.26 bits per heavy atom. The summed E-state index contributed by atoms with van der Waals surface area (Å²) in [5.41, 5.74) is 8.86. The maximum Gasteiger partial charge on any atom is 0.132 e. The van der Waals surface area contributed by atoms with Crippen LogP contribution in [0.15, 0.2) is 36.7 Å². The summed E-state index contributed by atoms with van der Waals surface area (Å²) < 4.78 is 0. The van der Waals surface area contributed by atoms with Crippen LogP contribution in [0, 0.1) is 0 Å². The van der Waals surface area contributed by atoms with Gasteiger partial charge in [0.15, 0.2) is 0 Å². The normalized spacial score (nSPS) is 12.2. The number of nitrogens with zero attached hydrogens (tertiary/aromatic N) is 3. The Balaban J connectivity index is 2.25. The van der Waals surface area contributed by atoms with Crippen LogP contribution in [0.4, 0.5) is 11.5 Å². The van der Waals surface area contributed by atoms with Crippen LogP contribution in [0.1, 0.15) is 31.1 Å². The highest BCUT2D eigenvalue weighted by molar-refractivity contribution is 5.46. The van der Waals surface area contributed by atoms with Crippen LogP contribution < -0.4 is 10.6 Å². The van der Waals surface area contributed by atoms with Gasteiger partial charge in [0, 0.05) is 24.5 Å². The second-order valence-corrected chi connectivity index (χ2v) is 4.68. The highest BCUT2D eigenvalue weighted by Crippen LogP contribution is 2.24. The lowest BCUT2D eigenvalue weighted by Gasteiger charge is -2.26. The Hall–Kier alpha value is -2.10. The zero-order valence-corrected chi connectivity index (χ0v) is 11.7. The van der Waals surface area contributed by atoms with Crippen LogP contribution in [0.2, 0.25) is 0 Å². The van der Waals surface area contributed by atoms with Crippen LogP contribution >= 0.6 is 0 Å². The van der Waals surface area contributed by atoms with E-state index in [9.17, 15) is 0 Å². The Morgan fingerprint density at radius 2 is 2.05 bits per heavy atom. The maximum absolute atomic E-state index is 5.84. The largest absolute Gasteiger partial charge is 0.399 e. The van der Waals surface area contributed by atoms with E-state index >= 15 is 0 Å². The van der Waals surface area contributed by atoms with Crippen molar-refractivity contribution in [2.45, 2.75) is 26.3 Å². The van der Waals surface area contributed by atoms with Crippen molar-refractivity contribution >= 4 is 11.5 Å². The molecule has 0 aliphatic heterocycles. The molecule has 1 atom stereocenters. The van der Waals surface area contributed by atoms with Gasteiger partial charge in [0.2, 0.25) is 0 Å². The van der Waals surface area contributed by atoms with Crippen LogP contribution in [0.3, 0.4) is 0 Å². The minimum Gasteiger partial charge on any atom is -0.399 e. The molecule has 0 saturated carbocycles. The van der Waals surface area contributed by atoms with E-state index in [0.717, 1.165) is 23.6 Å². The van der Waals surface area contributed by atoms with E-state index in [0.29, 0.717) is 0 Å². The number of anilines is 2. The van der Waals surface area contributed by atoms with E-state index in [1.54, 1.807) is 6.33 Å². The average molecular weight is 256 g/mol. The zero-order chi connectivity index (χ0) is 13.8. The Bertz CT molecular complexity index is 553. The van der Waals surface area contributed by atoms with E-state index in [4.69, 9.17) is 5.73 Å². The molecule has 1 unspecified atom stereocenters. The third kappa shape index (κ3) is 3.02. The summed E-state index contributed by atoms with van der Waals surface area (Å²) in [6.45, 7) is 4.23. The van der Waals surface area contributed by atoms with Gasteiger partial charge in [-0.3, -0.25) is 0 Å². The summed E-state index contributed by atoms with van der Waals surface area (Å²) in [7, 11) is 2.04. The van der Waals surface area contributed by atoms with Gasteiger partial charge < -0.3 is 10.6 Å². The lowest BCUT2D eigenvalue weighted by molar-refractivity contribution is 0.725. The van der Waals surface area contributed by atoms with E-state index in [2.05, 4.69) is 34.8 Å². The maximum atomic E-state index is 5.84. The molecule has 1 aromatic heterocycles. The first-order valence-electron chi connectivity index (χ1n) is 6.51. The second kappa shape index (κ2) is 5.69. The van der Waals surface area contributed by atoms with Crippen molar-refractivity contribution in [2.24, 2.45) is 0 Å². The van der Waals surface area contributed by atoms with Gasteiger partial charge in [0.25, 0.3) is 0 Å². The molecule has 4 heteroatoms. The van der Waals surface area contributed by atoms with Crippen LogP contribution in [0.25, 0.3) is 0 Å². The topological polar surface area (TPSA) is 55.0 Å². The van der Waals surface area contributed by atoms with E-state index in [1.807, 2.05) is 31.3 Å². The van der Waals surface area contributed by atoms with Gasteiger partial charge in [0.1, 0.15) is 12.1 Å². The number of aromatic nitrogens is 2. The SMILES string of the molecule is CCc1cc(N(C)C(C)c2cccc(N)c2)ncn1. The van der Waals surface area contributed by atoms with Gasteiger partial charge in [0.05, 0.1) is 6.04 Å². The number of hydrogen-bond donors (Lipinski definition) is 1. The third-order valence-electron chi connectivity index (χ3n) is 3.41. The van der Waals surface area contributed by atoms with Crippen LogP contribution in [-0.4, -0.2) is 17.0 Å². The minimum atomic E-state index is 0.211. The quantitative estimate of drug-likeness (QED) is 0.855. The fourth-order valence-electron chi connectivity index (χ4n) is 2.01. The number of rotatable bonds is 4. The summed E-state index contributed by atoms with van der Waals surface area (Å²) in [5.74, 6) is 0.932. The molecular weight excluding hydrogens is 236 g/mol. The van der Waals surface area contributed by atoms with Gasteiger partial charge in [-0.25, -0.2) is 9.97 Å². The van der Waals surface area contributed by atoms with Crippen molar-refractivity contribution < 1.29 is 0 Å². The van der Waals surface area contributed by atoms with E-state index < -0.39 is 0 Å². The average Bonchev–Trinajstić information content (AvgIpc) is 2.45. The number of nitrogens with two attached hydrogens (primary N) is 1. The molecule has 0 aliphatic carbocycles.